The number of hydrogen-bond donors (Lipinski definition) is 1. The first-order chi connectivity index (χ1) is 9.61. The van der Waals surface area contributed by atoms with E-state index in [1.807, 2.05) is 12.7 Å². The Morgan fingerprint density at radius 2 is 2.05 bits per heavy atom. The predicted octanol–water partition coefficient (Wildman–Crippen LogP) is 1.31. The van der Waals surface area contributed by atoms with Gasteiger partial charge in [-0.05, 0) is 27.5 Å². The maximum atomic E-state index is 12.2. The summed E-state index contributed by atoms with van der Waals surface area (Å²) in [5, 5.41) is 2.31. The highest BCUT2D eigenvalue weighted by molar-refractivity contribution is 7.35. The van der Waals surface area contributed by atoms with Crippen molar-refractivity contribution in [2.24, 2.45) is 0 Å². The number of nitrogens with zero attached hydrogens (tertiary/aromatic N) is 2. The van der Waals surface area contributed by atoms with Crippen molar-refractivity contribution in [2.45, 2.75) is 13.0 Å². The maximum Gasteiger partial charge on any atom is 0.328 e. The Kier molecular flexibility index (Phi) is 3.18. The van der Waals surface area contributed by atoms with Crippen LogP contribution in [0, 0.1) is 0 Å². The lowest BCUT2D eigenvalue weighted by Gasteiger charge is -2.28. The van der Waals surface area contributed by atoms with Crippen molar-refractivity contribution < 1.29 is 14.4 Å². The molecule has 0 bridgehead atoms. The Hall–Kier alpha value is -1.94. The Morgan fingerprint density at radius 1 is 1.25 bits per heavy atom. The Balaban J connectivity index is 1.99. The van der Waals surface area contributed by atoms with Crippen molar-refractivity contribution >= 4 is 32.3 Å². The molecule has 2 aliphatic rings. The average Bonchev–Trinajstić information content (AvgIpc) is 2.76. The third-order valence-electron chi connectivity index (χ3n) is 3.56. The minimum absolute atomic E-state index is 0.0103. The van der Waals surface area contributed by atoms with Crippen LogP contribution >= 0.6 is 8.73 Å². The molecular formula is C13H14N3O3P. The lowest BCUT2D eigenvalue weighted by Crippen LogP contribution is -2.49. The smallest absolute Gasteiger partial charge is 0.316 e. The molecule has 2 heterocycles. The molecular weight excluding hydrogens is 277 g/mol. The number of benzene rings is 1. The topological polar surface area (TPSA) is 69.7 Å². The van der Waals surface area contributed by atoms with Crippen LogP contribution in [0.5, 0.6) is 0 Å². The minimum atomic E-state index is -0.417. The molecule has 0 saturated carbocycles. The van der Waals surface area contributed by atoms with Gasteiger partial charge in [-0.1, -0.05) is 6.07 Å². The molecule has 0 radical (unpaired) electrons. The molecule has 1 aromatic carbocycles. The zero-order valence-corrected chi connectivity index (χ0v) is 12.0. The predicted molar refractivity (Wildman–Crippen MR) is 76.1 cm³/mol. The maximum absolute atomic E-state index is 12.2. The molecule has 0 spiro atoms. The van der Waals surface area contributed by atoms with E-state index in [4.69, 9.17) is 0 Å². The number of fused-ring (bicyclic) bond motifs is 1. The number of nitrogens with one attached hydrogen (secondary N) is 1. The monoisotopic (exact) mass is 291 g/mol. The fourth-order valence-corrected chi connectivity index (χ4v) is 3.18. The van der Waals surface area contributed by atoms with Crippen LogP contribution < -0.4 is 10.2 Å². The van der Waals surface area contributed by atoms with E-state index in [2.05, 4.69) is 5.32 Å². The standard InChI is InChI=1S/C13H14N3O3P/c1-20-16-7-9-8(12(16)18)3-2-4-10(9)15-6-5-11(17)14-13(15)19/h2-4,20H,5-7H2,1H3,(H,14,17,19). The fraction of sp³-hybridized carbons (Fsp3) is 0.308. The Morgan fingerprint density at radius 3 is 2.75 bits per heavy atom. The number of urea groups is 1. The summed E-state index contributed by atoms with van der Waals surface area (Å²) in [5.74, 6) is -0.247. The van der Waals surface area contributed by atoms with E-state index in [0.29, 0.717) is 27.4 Å². The van der Waals surface area contributed by atoms with Gasteiger partial charge in [-0.25, -0.2) is 4.79 Å². The van der Waals surface area contributed by atoms with Crippen LogP contribution in [0.25, 0.3) is 0 Å². The summed E-state index contributed by atoms with van der Waals surface area (Å²) >= 11 is 0. The number of anilines is 1. The molecule has 2 aliphatic heterocycles. The van der Waals surface area contributed by atoms with Gasteiger partial charge in [0.2, 0.25) is 5.91 Å². The van der Waals surface area contributed by atoms with Crippen LogP contribution in [0.3, 0.4) is 0 Å². The van der Waals surface area contributed by atoms with E-state index in [-0.39, 0.29) is 18.2 Å². The molecule has 1 unspecified atom stereocenters. The second-order valence-corrected chi connectivity index (χ2v) is 5.66. The highest BCUT2D eigenvalue weighted by atomic mass is 31.1. The average molecular weight is 291 g/mol. The molecule has 4 amide bonds. The van der Waals surface area contributed by atoms with E-state index in [9.17, 15) is 14.4 Å². The molecule has 0 aromatic heterocycles. The molecule has 1 saturated heterocycles. The van der Waals surface area contributed by atoms with Crippen LogP contribution in [0.1, 0.15) is 22.3 Å². The summed E-state index contributed by atoms with van der Waals surface area (Å²) in [6.07, 6.45) is 0.280. The van der Waals surface area contributed by atoms with Crippen molar-refractivity contribution in [3.8, 4) is 0 Å². The van der Waals surface area contributed by atoms with Gasteiger partial charge in [0.05, 0.1) is 12.2 Å². The second-order valence-electron chi connectivity index (χ2n) is 4.67. The molecule has 104 valence electrons. The first kappa shape index (κ1) is 13.1. The normalized spacial score (nSPS) is 18.9. The molecule has 3 rings (SSSR count). The highest BCUT2D eigenvalue weighted by Gasteiger charge is 2.32. The van der Waals surface area contributed by atoms with Gasteiger partial charge >= 0.3 is 6.03 Å². The summed E-state index contributed by atoms with van der Waals surface area (Å²) in [7, 11) is 0.394. The third kappa shape index (κ3) is 1.96. The number of rotatable bonds is 2. The van der Waals surface area contributed by atoms with Crippen molar-refractivity contribution in [2.75, 3.05) is 18.1 Å². The minimum Gasteiger partial charge on any atom is -0.316 e. The summed E-state index contributed by atoms with van der Waals surface area (Å²) in [6.45, 7) is 2.83. The molecule has 7 heteroatoms. The van der Waals surface area contributed by atoms with Crippen LogP contribution in [0.15, 0.2) is 18.2 Å². The van der Waals surface area contributed by atoms with Gasteiger partial charge in [0.15, 0.2) is 0 Å². The second kappa shape index (κ2) is 4.87. The van der Waals surface area contributed by atoms with E-state index >= 15 is 0 Å². The van der Waals surface area contributed by atoms with Crippen LogP contribution in [-0.2, 0) is 11.3 Å². The highest BCUT2D eigenvalue weighted by Crippen LogP contribution is 2.36. The number of carbonyl (C=O) groups excluding carboxylic acids is 3. The van der Waals surface area contributed by atoms with E-state index in [1.165, 1.54) is 4.90 Å². The van der Waals surface area contributed by atoms with E-state index in [0.717, 1.165) is 11.3 Å². The summed E-state index contributed by atoms with van der Waals surface area (Å²) in [6, 6.07) is 4.97. The lowest BCUT2D eigenvalue weighted by atomic mass is 10.1. The SMILES string of the molecule is CPN1Cc2c(cccc2N2CCC(=O)NC2=O)C1=O. The van der Waals surface area contributed by atoms with Gasteiger partial charge in [0, 0.05) is 24.1 Å². The van der Waals surface area contributed by atoms with Crippen LogP contribution in [0.2, 0.25) is 0 Å². The van der Waals surface area contributed by atoms with Gasteiger partial charge in [0.1, 0.15) is 0 Å². The van der Waals surface area contributed by atoms with E-state index in [1.54, 1.807) is 16.8 Å². The Bertz CT molecular complexity index is 617. The molecule has 20 heavy (non-hydrogen) atoms. The van der Waals surface area contributed by atoms with Crippen molar-refractivity contribution in [3.05, 3.63) is 29.3 Å². The van der Waals surface area contributed by atoms with Crippen LogP contribution in [0.4, 0.5) is 10.5 Å². The third-order valence-corrected chi connectivity index (χ3v) is 4.46. The molecule has 1 fully saturated rings. The lowest BCUT2D eigenvalue weighted by molar-refractivity contribution is -0.120. The van der Waals surface area contributed by atoms with Gasteiger partial charge in [-0.15, -0.1) is 0 Å². The summed E-state index contributed by atoms with van der Waals surface area (Å²) < 4.78 is 1.77. The molecule has 1 N–H and O–H groups in total. The van der Waals surface area contributed by atoms with Gasteiger partial charge in [-0.3, -0.25) is 19.8 Å². The summed E-state index contributed by atoms with van der Waals surface area (Å²) in [4.78, 5) is 36.8. The quantitative estimate of drug-likeness (QED) is 0.835. The number of imide groups is 1. The first-order valence-electron chi connectivity index (χ1n) is 6.34. The zero-order chi connectivity index (χ0) is 14.3. The zero-order valence-electron chi connectivity index (χ0n) is 11.0. The Labute approximate surface area is 117 Å². The van der Waals surface area contributed by atoms with Gasteiger partial charge in [0.25, 0.3) is 5.91 Å². The van der Waals surface area contributed by atoms with Gasteiger partial charge < -0.3 is 4.67 Å². The molecule has 6 nitrogen and oxygen atoms in total. The van der Waals surface area contributed by atoms with Crippen LogP contribution in [-0.4, -0.2) is 35.7 Å². The van der Waals surface area contributed by atoms with Gasteiger partial charge in [-0.2, -0.15) is 0 Å². The van der Waals surface area contributed by atoms with Crippen molar-refractivity contribution in [1.29, 1.82) is 0 Å². The molecule has 0 aliphatic carbocycles. The van der Waals surface area contributed by atoms with Crippen molar-refractivity contribution in [1.82, 2.24) is 9.99 Å². The van der Waals surface area contributed by atoms with E-state index < -0.39 is 6.03 Å². The molecule has 1 aromatic rings. The number of amides is 4. The fourth-order valence-electron chi connectivity index (χ4n) is 2.54. The number of hydrogen-bond acceptors (Lipinski definition) is 3. The number of carbonyl (C=O) groups is 3. The molecule has 1 atom stereocenters. The van der Waals surface area contributed by atoms with Crippen molar-refractivity contribution in [3.63, 3.8) is 0 Å². The largest absolute Gasteiger partial charge is 0.328 e. The summed E-state index contributed by atoms with van der Waals surface area (Å²) in [5.41, 5.74) is 2.25. The first-order valence-corrected chi connectivity index (χ1v) is 7.79.